The molecule has 1 amide bonds. The first-order chi connectivity index (χ1) is 10.1. The van der Waals surface area contributed by atoms with Crippen LogP contribution in [0.1, 0.15) is 16.1 Å². The normalized spacial score (nSPS) is 11.3. The van der Waals surface area contributed by atoms with Crippen molar-refractivity contribution in [2.75, 3.05) is 0 Å². The summed E-state index contributed by atoms with van der Waals surface area (Å²) >= 11 is 7.43. The first-order valence-electron chi connectivity index (χ1n) is 5.85. The number of carbonyl (C=O) groups is 1. The van der Waals surface area contributed by atoms with Gasteiger partial charge in [-0.3, -0.25) is 9.20 Å². The second-order valence-corrected chi connectivity index (χ2v) is 5.28. The Balaban J connectivity index is 1.75. The Morgan fingerprint density at radius 2 is 2.19 bits per heavy atom. The second kappa shape index (κ2) is 5.63. The van der Waals surface area contributed by atoms with Crippen LogP contribution < -0.4 is 5.43 Å². The van der Waals surface area contributed by atoms with Gasteiger partial charge in [0.15, 0.2) is 10.1 Å². The number of amides is 1. The number of rotatable bonds is 3. The SMILES string of the molecule is O=C(N/N=C\c1c(Cl)nc2sccn12)c1ccc(F)cc1. The van der Waals surface area contributed by atoms with E-state index in [4.69, 9.17) is 11.6 Å². The molecular weight excluding hydrogens is 315 g/mol. The maximum Gasteiger partial charge on any atom is 0.271 e. The van der Waals surface area contributed by atoms with E-state index in [2.05, 4.69) is 15.5 Å². The van der Waals surface area contributed by atoms with Crippen molar-refractivity contribution in [3.8, 4) is 0 Å². The minimum atomic E-state index is -0.437. The van der Waals surface area contributed by atoms with Gasteiger partial charge in [-0.15, -0.1) is 11.3 Å². The fraction of sp³-hybridized carbons (Fsp3) is 0. The summed E-state index contributed by atoms with van der Waals surface area (Å²) in [4.78, 5) is 16.7. The minimum Gasteiger partial charge on any atom is -0.288 e. The molecule has 0 spiro atoms. The zero-order valence-electron chi connectivity index (χ0n) is 10.5. The summed E-state index contributed by atoms with van der Waals surface area (Å²) in [5.41, 5.74) is 3.24. The number of hydrazone groups is 1. The summed E-state index contributed by atoms with van der Waals surface area (Å²) in [5, 5.41) is 6.02. The number of aromatic nitrogens is 2. The van der Waals surface area contributed by atoms with Crippen LogP contribution in [-0.2, 0) is 0 Å². The van der Waals surface area contributed by atoms with Gasteiger partial charge in [-0.25, -0.2) is 14.8 Å². The number of nitrogens with zero attached hydrogens (tertiary/aromatic N) is 3. The first kappa shape index (κ1) is 13.7. The van der Waals surface area contributed by atoms with Gasteiger partial charge in [0.05, 0.1) is 6.21 Å². The highest BCUT2D eigenvalue weighted by atomic mass is 35.5. The Labute approximate surface area is 127 Å². The summed E-state index contributed by atoms with van der Waals surface area (Å²) < 4.78 is 14.5. The average Bonchev–Trinajstić information content (AvgIpc) is 3.02. The van der Waals surface area contributed by atoms with E-state index in [9.17, 15) is 9.18 Å². The Morgan fingerprint density at radius 1 is 1.43 bits per heavy atom. The second-order valence-electron chi connectivity index (χ2n) is 4.05. The lowest BCUT2D eigenvalue weighted by molar-refractivity contribution is 0.0955. The van der Waals surface area contributed by atoms with Crippen molar-refractivity contribution in [1.82, 2.24) is 14.8 Å². The summed E-state index contributed by atoms with van der Waals surface area (Å²) in [6.07, 6.45) is 3.22. The van der Waals surface area contributed by atoms with Gasteiger partial charge in [-0.1, -0.05) is 11.6 Å². The molecule has 0 aliphatic rings. The number of thiazole rings is 1. The van der Waals surface area contributed by atoms with Crippen LogP contribution in [0.4, 0.5) is 4.39 Å². The van der Waals surface area contributed by atoms with Crippen LogP contribution in [0.2, 0.25) is 5.15 Å². The maximum atomic E-state index is 12.8. The Morgan fingerprint density at radius 3 is 2.95 bits per heavy atom. The Hall–Kier alpha value is -2.25. The zero-order valence-corrected chi connectivity index (χ0v) is 12.0. The summed E-state index contributed by atoms with van der Waals surface area (Å²) in [5.74, 6) is -0.839. The molecule has 3 aromatic rings. The molecule has 1 aromatic carbocycles. The van der Waals surface area contributed by atoms with E-state index in [1.807, 2.05) is 11.6 Å². The third kappa shape index (κ3) is 2.79. The molecule has 0 atom stereocenters. The van der Waals surface area contributed by atoms with Crippen molar-refractivity contribution >= 4 is 40.0 Å². The average molecular weight is 323 g/mol. The largest absolute Gasteiger partial charge is 0.288 e. The molecule has 0 unspecified atom stereocenters. The number of nitrogens with one attached hydrogen (secondary N) is 1. The van der Waals surface area contributed by atoms with Gasteiger partial charge in [-0.2, -0.15) is 5.10 Å². The third-order valence-electron chi connectivity index (χ3n) is 2.71. The summed E-state index contributed by atoms with van der Waals surface area (Å²) in [6, 6.07) is 5.18. The first-order valence-corrected chi connectivity index (χ1v) is 7.11. The molecule has 0 saturated carbocycles. The van der Waals surface area contributed by atoms with Crippen molar-refractivity contribution in [3.05, 3.63) is 58.1 Å². The molecule has 0 bridgehead atoms. The minimum absolute atomic E-state index is 0.307. The molecule has 2 aromatic heterocycles. The molecule has 0 saturated heterocycles. The number of hydrogen-bond acceptors (Lipinski definition) is 4. The van der Waals surface area contributed by atoms with Crippen molar-refractivity contribution in [2.24, 2.45) is 5.10 Å². The number of halogens is 2. The molecule has 5 nitrogen and oxygen atoms in total. The predicted octanol–water partition coefficient (Wildman–Crippen LogP) is 2.95. The van der Waals surface area contributed by atoms with Crippen molar-refractivity contribution in [2.45, 2.75) is 0 Å². The molecule has 2 heterocycles. The van der Waals surface area contributed by atoms with E-state index in [1.54, 1.807) is 4.40 Å². The summed E-state index contributed by atoms with van der Waals surface area (Å²) in [7, 11) is 0. The Kier molecular flexibility index (Phi) is 3.68. The van der Waals surface area contributed by atoms with Crippen molar-refractivity contribution in [1.29, 1.82) is 0 Å². The van der Waals surface area contributed by atoms with Crippen LogP contribution in [0.15, 0.2) is 40.9 Å². The maximum absolute atomic E-state index is 12.8. The van der Waals surface area contributed by atoms with Crippen molar-refractivity contribution in [3.63, 3.8) is 0 Å². The number of hydrogen-bond donors (Lipinski definition) is 1. The van der Waals surface area contributed by atoms with Gasteiger partial charge in [0, 0.05) is 17.1 Å². The molecule has 0 fully saturated rings. The molecule has 0 radical (unpaired) electrons. The quantitative estimate of drug-likeness (QED) is 0.595. The van der Waals surface area contributed by atoms with E-state index >= 15 is 0 Å². The van der Waals surface area contributed by atoms with Gasteiger partial charge >= 0.3 is 0 Å². The molecule has 8 heteroatoms. The van der Waals surface area contributed by atoms with Gasteiger partial charge in [-0.05, 0) is 24.3 Å². The zero-order chi connectivity index (χ0) is 14.8. The fourth-order valence-electron chi connectivity index (χ4n) is 1.71. The van der Waals surface area contributed by atoms with Crippen LogP contribution in [0, 0.1) is 5.82 Å². The standard InChI is InChI=1S/C13H8ClFN4OS/c14-11-10(19-5-6-21-13(19)17-11)7-16-18-12(20)8-1-3-9(15)4-2-8/h1-7H,(H,18,20)/b16-7-. The molecule has 106 valence electrons. The lowest BCUT2D eigenvalue weighted by atomic mass is 10.2. The number of benzene rings is 1. The van der Waals surface area contributed by atoms with Gasteiger partial charge in [0.25, 0.3) is 5.91 Å². The summed E-state index contributed by atoms with van der Waals surface area (Å²) in [6.45, 7) is 0. The molecular formula is C13H8ClFN4OS. The highest BCUT2D eigenvalue weighted by Crippen LogP contribution is 2.19. The predicted molar refractivity (Wildman–Crippen MR) is 79.5 cm³/mol. The van der Waals surface area contributed by atoms with E-state index < -0.39 is 11.7 Å². The third-order valence-corrected chi connectivity index (χ3v) is 3.75. The smallest absolute Gasteiger partial charge is 0.271 e. The highest BCUT2D eigenvalue weighted by Gasteiger charge is 2.09. The van der Waals surface area contributed by atoms with E-state index in [-0.39, 0.29) is 0 Å². The van der Waals surface area contributed by atoms with Gasteiger partial charge in [0.1, 0.15) is 11.5 Å². The Bertz CT molecular complexity index is 824. The van der Waals surface area contributed by atoms with Gasteiger partial charge in [0.2, 0.25) is 0 Å². The molecule has 0 aliphatic carbocycles. The van der Waals surface area contributed by atoms with Crippen LogP contribution >= 0.6 is 22.9 Å². The van der Waals surface area contributed by atoms with Crippen LogP contribution in [0.25, 0.3) is 4.96 Å². The van der Waals surface area contributed by atoms with E-state index in [1.165, 1.54) is 41.8 Å². The lowest BCUT2D eigenvalue weighted by Crippen LogP contribution is -2.17. The van der Waals surface area contributed by atoms with Crippen LogP contribution in [-0.4, -0.2) is 21.5 Å². The molecule has 0 aliphatic heterocycles. The number of imidazole rings is 1. The van der Waals surface area contributed by atoms with Crippen LogP contribution in [0.3, 0.4) is 0 Å². The molecule has 1 N–H and O–H groups in total. The number of fused-ring (bicyclic) bond motifs is 1. The fourth-order valence-corrected chi connectivity index (χ4v) is 2.70. The molecule has 3 rings (SSSR count). The van der Waals surface area contributed by atoms with Gasteiger partial charge < -0.3 is 0 Å². The monoisotopic (exact) mass is 322 g/mol. The number of carbonyl (C=O) groups excluding carboxylic acids is 1. The van der Waals surface area contributed by atoms with E-state index in [0.29, 0.717) is 16.4 Å². The van der Waals surface area contributed by atoms with Crippen molar-refractivity contribution < 1.29 is 9.18 Å². The molecule has 21 heavy (non-hydrogen) atoms. The topological polar surface area (TPSA) is 58.8 Å². The van der Waals surface area contributed by atoms with Crippen LogP contribution in [0.5, 0.6) is 0 Å². The van der Waals surface area contributed by atoms with E-state index in [0.717, 1.165) is 4.96 Å². The lowest BCUT2D eigenvalue weighted by Gasteiger charge is -1.99. The highest BCUT2D eigenvalue weighted by molar-refractivity contribution is 7.15.